The Morgan fingerprint density at radius 1 is 1.26 bits per heavy atom. The highest BCUT2D eigenvalue weighted by atomic mass is 16.6. The molecule has 1 aromatic heterocycles. The predicted octanol–water partition coefficient (Wildman–Crippen LogP) is 3.96. The summed E-state index contributed by atoms with van der Waals surface area (Å²) < 4.78 is 1.66. The fraction of sp³-hybridized carbons (Fsp3) is 0.500. The van der Waals surface area contributed by atoms with Crippen LogP contribution in [0.2, 0.25) is 0 Å². The molecule has 0 aliphatic heterocycles. The van der Waals surface area contributed by atoms with E-state index < -0.39 is 0 Å². The zero-order valence-electron chi connectivity index (χ0n) is 13.9. The number of rotatable bonds is 4. The molecule has 0 spiro atoms. The van der Waals surface area contributed by atoms with Gasteiger partial charge >= 0.3 is 0 Å². The van der Waals surface area contributed by atoms with Gasteiger partial charge in [-0.3, -0.25) is 0 Å². The van der Waals surface area contributed by atoms with Gasteiger partial charge in [-0.15, -0.1) is 0 Å². The Kier molecular flexibility index (Phi) is 5.05. The predicted molar refractivity (Wildman–Crippen MR) is 90.4 cm³/mol. The van der Waals surface area contributed by atoms with Gasteiger partial charge in [-0.1, -0.05) is 42.6 Å². The maximum Gasteiger partial charge on any atom is 0.201 e. The number of oxime groups is 1. The van der Waals surface area contributed by atoms with E-state index in [-0.39, 0.29) is 6.10 Å². The molecule has 1 aliphatic rings. The average molecular weight is 312 g/mol. The lowest BCUT2D eigenvalue weighted by molar-refractivity contribution is 0.0851. The molecule has 23 heavy (non-hydrogen) atoms. The summed E-state index contributed by atoms with van der Waals surface area (Å²) in [5, 5.41) is 8.51. The van der Waals surface area contributed by atoms with E-state index in [1.165, 1.54) is 44.0 Å². The van der Waals surface area contributed by atoms with Gasteiger partial charge < -0.3 is 4.84 Å². The molecule has 3 rings (SSSR count). The Morgan fingerprint density at radius 2 is 2.09 bits per heavy atom. The Labute approximate surface area is 137 Å². The molecule has 1 fully saturated rings. The van der Waals surface area contributed by atoms with Gasteiger partial charge in [-0.2, -0.15) is 9.78 Å². The molecular formula is C18H24N4O. The van der Waals surface area contributed by atoms with Crippen molar-refractivity contribution in [1.82, 2.24) is 14.8 Å². The van der Waals surface area contributed by atoms with Gasteiger partial charge in [0, 0.05) is 5.56 Å². The monoisotopic (exact) mass is 312 g/mol. The van der Waals surface area contributed by atoms with Crippen molar-refractivity contribution in [3.05, 3.63) is 48.0 Å². The fourth-order valence-corrected chi connectivity index (χ4v) is 3.07. The molecule has 0 amide bonds. The lowest BCUT2D eigenvalue weighted by Gasteiger charge is -2.22. The van der Waals surface area contributed by atoms with Crippen LogP contribution < -0.4 is 0 Å². The van der Waals surface area contributed by atoms with E-state index in [0.717, 1.165) is 5.56 Å². The zero-order chi connectivity index (χ0) is 16.1. The van der Waals surface area contributed by atoms with E-state index in [2.05, 4.69) is 39.5 Å². The molecule has 0 radical (unpaired) electrons. The van der Waals surface area contributed by atoms with Crippen LogP contribution in [-0.4, -0.2) is 26.7 Å². The van der Waals surface area contributed by atoms with E-state index in [0.29, 0.717) is 11.8 Å². The molecule has 5 heteroatoms. The summed E-state index contributed by atoms with van der Waals surface area (Å²) in [4.78, 5) is 9.49. The van der Waals surface area contributed by atoms with Gasteiger partial charge in [0.15, 0.2) is 0 Å². The van der Waals surface area contributed by atoms with Crippen LogP contribution in [0.1, 0.15) is 63.0 Å². The number of hydrogen-bond donors (Lipinski definition) is 0. The molecule has 0 saturated heterocycles. The summed E-state index contributed by atoms with van der Waals surface area (Å²) >= 11 is 0. The first-order valence-corrected chi connectivity index (χ1v) is 8.43. The van der Waals surface area contributed by atoms with Crippen molar-refractivity contribution >= 4 is 5.84 Å². The van der Waals surface area contributed by atoms with E-state index in [4.69, 9.17) is 4.84 Å². The standard InChI is InChI=1S/C18H24N4O/c1-14(2)23-21-18(22-13-19-12-20-22)17-10-6-9-16(11-17)15-7-4-3-5-8-15/h6,9-15H,3-5,7-8H2,1-2H3. The lowest BCUT2D eigenvalue weighted by Crippen LogP contribution is -2.16. The van der Waals surface area contributed by atoms with Crippen LogP contribution >= 0.6 is 0 Å². The first-order chi connectivity index (χ1) is 11.2. The van der Waals surface area contributed by atoms with Gasteiger partial charge in [-0.25, -0.2) is 4.98 Å². The second-order valence-electron chi connectivity index (χ2n) is 6.37. The third-order valence-electron chi connectivity index (χ3n) is 4.21. The molecule has 1 heterocycles. The van der Waals surface area contributed by atoms with Crippen molar-refractivity contribution in [3.8, 4) is 0 Å². The van der Waals surface area contributed by atoms with Crippen LogP contribution in [-0.2, 0) is 4.84 Å². The number of benzene rings is 1. The summed E-state index contributed by atoms with van der Waals surface area (Å²) in [6.07, 6.45) is 9.76. The average Bonchev–Trinajstić information content (AvgIpc) is 3.10. The second kappa shape index (κ2) is 7.40. The summed E-state index contributed by atoms with van der Waals surface area (Å²) in [5.74, 6) is 1.33. The summed E-state index contributed by atoms with van der Waals surface area (Å²) in [6, 6.07) is 8.60. The van der Waals surface area contributed by atoms with Crippen molar-refractivity contribution in [2.75, 3.05) is 0 Å². The molecule has 1 aliphatic carbocycles. The van der Waals surface area contributed by atoms with Crippen LogP contribution in [0.5, 0.6) is 0 Å². The first-order valence-electron chi connectivity index (χ1n) is 8.43. The Balaban J connectivity index is 1.91. The maximum absolute atomic E-state index is 5.47. The summed E-state index contributed by atoms with van der Waals surface area (Å²) in [7, 11) is 0. The van der Waals surface area contributed by atoms with Crippen LogP contribution in [0.25, 0.3) is 0 Å². The minimum Gasteiger partial charge on any atom is -0.391 e. The second-order valence-corrected chi connectivity index (χ2v) is 6.37. The molecule has 5 nitrogen and oxygen atoms in total. The van der Waals surface area contributed by atoms with Crippen LogP contribution in [0.4, 0.5) is 0 Å². The minimum absolute atomic E-state index is 0.0232. The van der Waals surface area contributed by atoms with E-state index in [9.17, 15) is 0 Å². The third kappa shape index (κ3) is 3.97. The van der Waals surface area contributed by atoms with Gasteiger partial charge in [0.2, 0.25) is 5.84 Å². The molecule has 122 valence electrons. The summed E-state index contributed by atoms with van der Waals surface area (Å²) in [5.41, 5.74) is 2.40. The molecule has 0 N–H and O–H groups in total. The topological polar surface area (TPSA) is 52.3 Å². The highest BCUT2D eigenvalue weighted by molar-refractivity contribution is 5.99. The molecule has 1 aromatic carbocycles. The van der Waals surface area contributed by atoms with Crippen molar-refractivity contribution in [2.45, 2.75) is 58.0 Å². The van der Waals surface area contributed by atoms with Gasteiger partial charge in [0.25, 0.3) is 0 Å². The Hall–Kier alpha value is -2.17. The lowest BCUT2D eigenvalue weighted by atomic mass is 9.83. The first kappa shape index (κ1) is 15.7. The fourth-order valence-electron chi connectivity index (χ4n) is 3.07. The van der Waals surface area contributed by atoms with Crippen molar-refractivity contribution < 1.29 is 4.84 Å². The van der Waals surface area contributed by atoms with Crippen LogP contribution in [0, 0.1) is 0 Å². The van der Waals surface area contributed by atoms with Crippen molar-refractivity contribution in [3.63, 3.8) is 0 Å². The molecule has 0 atom stereocenters. The maximum atomic E-state index is 5.47. The van der Waals surface area contributed by atoms with E-state index in [1.807, 2.05) is 13.8 Å². The highest BCUT2D eigenvalue weighted by Crippen LogP contribution is 2.32. The summed E-state index contributed by atoms with van der Waals surface area (Å²) in [6.45, 7) is 3.92. The van der Waals surface area contributed by atoms with Gasteiger partial charge in [-0.05, 0) is 44.2 Å². The Bertz CT molecular complexity index is 643. The SMILES string of the molecule is CC(C)ON=C(c1cccc(C2CCCCC2)c1)n1cncn1. The van der Waals surface area contributed by atoms with Gasteiger partial charge in [0.05, 0.1) is 0 Å². The van der Waals surface area contributed by atoms with Crippen LogP contribution in [0.15, 0.2) is 42.1 Å². The number of aromatic nitrogens is 3. The normalized spacial score (nSPS) is 16.7. The van der Waals surface area contributed by atoms with Gasteiger partial charge in [0.1, 0.15) is 18.8 Å². The largest absolute Gasteiger partial charge is 0.391 e. The third-order valence-corrected chi connectivity index (χ3v) is 4.21. The Morgan fingerprint density at radius 3 is 2.78 bits per heavy atom. The molecule has 0 bridgehead atoms. The molecular weight excluding hydrogens is 288 g/mol. The smallest absolute Gasteiger partial charge is 0.201 e. The van der Waals surface area contributed by atoms with E-state index >= 15 is 0 Å². The van der Waals surface area contributed by atoms with Crippen LogP contribution in [0.3, 0.4) is 0 Å². The number of hydrogen-bond acceptors (Lipinski definition) is 4. The zero-order valence-corrected chi connectivity index (χ0v) is 13.9. The van der Waals surface area contributed by atoms with Crippen molar-refractivity contribution in [1.29, 1.82) is 0 Å². The quantitative estimate of drug-likeness (QED) is 0.488. The van der Waals surface area contributed by atoms with Crippen molar-refractivity contribution in [2.24, 2.45) is 5.16 Å². The van der Waals surface area contributed by atoms with E-state index in [1.54, 1.807) is 11.0 Å². The number of nitrogens with zero attached hydrogens (tertiary/aromatic N) is 4. The molecule has 0 unspecified atom stereocenters. The molecule has 1 saturated carbocycles. The highest BCUT2D eigenvalue weighted by Gasteiger charge is 2.17. The molecule has 2 aromatic rings. The minimum atomic E-state index is 0.0232.